The van der Waals surface area contributed by atoms with Crippen LogP contribution in [0.2, 0.25) is 0 Å². The summed E-state index contributed by atoms with van der Waals surface area (Å²) < 4.78 is 25.9. The van der Waals surface area contributed by atoms with E-state index in [2.05, 4.69) is 0 Å². The predicted octanol–water partition coefficient (Wildman–Crippen LogP) is 3.50. The highest BCUT2D eigenvalue weighted by Gasteiger charge is 2.11. The van der Waals surface area contributed by atoms with Crippen LogP contribution in [-0.2, 0) is 0 Å². The van der Waals surface area contributed by atoms with Crippen molar-refractivity contribution < 1.29 is 8.78 Å². The molecule has 0 aliphatic heterocycles. The Balaban J connectivity index is 0.00000128. The molecule has 2 N–H and O–H groups in total. The largest absolute Gasteiger partial charge is 0.320 e. The number of hydrogen-bond donors (Lipinski definition) is 1. The predicted molar refractivity (Wildman–Crippen MR) is 64.0 cm³/mol. The number of rotatable bonds is 2. The molecule has 0 radical (unpaired) electrons. The maximum atomic E-state index is 12.9. The van der Waals surface area contributed by atoms with E-state index in [9.17, 15) is 8.78 Å². The van der Waals surface area contributed by atoms with Gasteiger partial charge in [-0.2, -0.15) is 11.3 Å². The molecule has 1 nitrogen and oxygen atoms in total. The summed E-state index contributed by atoms with van der Waals surface area (Å²) in [7, 11) is 0. The summed E-state index contributed by atoms with van der Waals surface area (Å²) >= 11 is 1.50. The van der Waals surface area contributed by atoms with E-state index in [1.54, 1.807) is 0 Å². The Hall–Kier alpha value is -0.970. The fourth-order valence-corrected chi connectivity index (χ4v) is 2.10. The minimum atomic E-state index is -0.601. The Kier molecular flexibility index (Phi) is 4.41. The molecule has 1 aromatic carbocycles. The molecule has 0 aliphatic carbocycles. The van der Waals surface area contributed by atoms with Gasteiger partial charge in [0.25, 0.3) is 0 Å². The molecular formula is C11H10ClF2NS. The fourth-order valence-electron chi connectivity index (χ4n) is 1.40. The third-order valence-electron chi connectivity index (χ3n) is 2.15. The first-order valence-corrected chi connectivity index (χ1v) is 5.35. The first-order chi connectivity index (χ1) is 7.16. The summed E-state index contributed by atoms with van der Waals surface area (Å²) in [6, 6.07) is 4.72. The van der Waals surface area contributed by atoms with Crippen molar-refractivity contribution >= 4 is 23.7 Å². The van der Waals surface area contributed by atoms with Crippen molar-refractivity contribution in [2.75, 3.05) is 0 Å². The summed E-state index contributed by atoms with van der Waals surface area (Å²) in [5.74, 6) is -1.20. The second-order valence-corrected chi connectivity index (χ2v) is 4.02. The van der Waals surface area contributed by atoms with Crippen LogP contribution in [0.25, 0.3) is 0 Å². The van der Waals surface area contributed by atoms with Crippen molar-refractivity contribution in [3.05, 3.63) is 57.8 Å². The van der Waals surface area contributed by atoms with Crippen molar-refractivity contribution in [3.8, 4) is 0 Å². The lowest BCUT2D eigenvalue weighted by molar-refractivity contribution is 0.577. The number of hydrogen-bond acceptors (Lipinski definition) is 2. The fraction of sp³-hybridized carbons (Fsp3) is 0.0909. The van der Waals surface area contributed by atoms with Crippen LogP contribution in [-0.4, -0.2) is 0 Å². The van der Waals surface area contributed by atoms with Crippen LogP contribution in [0.1, 0.15) is 17.2 Å². The molecule has 0 spiro atoms. The number of halogens is 3. The summed E-state index contributed by atoms with van der Waals surface area (Å²) in [5.41, 5.74) is 7.19. The average Bonchev–Trinajstić information content (AvgIpc) is 2.67. The molecule has 1 atom stereocenters. The molecule has 0 unspecified atom stereocenters. The zero-order chi connectivity index (χ0) is 10.8. The van der Waals surface area contributed by atoms with Gasteiger partial charge in [-0.3, -0.25) is 0 Å². The summed E-state index contributed by atoms with van der Waals surface area (Å²) in [6.45, 7) is 0. The Morgan fingerprint density at radius 3 is 2.19 bits per heavy atom. The maximum absolute atomic E-state index is 12.9. The monoisotopic (exact) mass is 261 g/mol. The lowest BCUT2D eigenvalue weighted by Gasteiger charge is -2.10. The van der Waals surface area contributed by atoms with Gasteiger partial charge in [0.2, 0.25) is 0 Å². The Labute approximate surface area is 102 Å². The van der Waals surface area contributed by atoms with E-state index >= 15 is 0 Å². The van der Waals surface area contributed by atoms with Gasteiger partial charge in [-0.15, -0.1) is 12.4 Å². The van der Waals surface area contributed by atoms with Crippen molar-refractivity contribution in [1.29, 1.82) is 0 Å². The third kappa shape index (κ3) is 2.78. The number of nitrogens with two attached hydrogens (primary N) is 1. The van der Waals surface area contributed by atoms with E-state index in [0.29, 0.717) is 5.56 Å². The molecule has 2 aromatic rings. The normalized spacial score (nSPS) is 11.9. The van der Waals surface area contributed by atoms with Crippen LogP contribution in [0.5, 0.6) is 0 Å². The second kappa shape index (κ2) is 5.39. The molecule has 16 heavy (non-hydrogen) atoms. The van der Waals surface area contributed by atoms with Crippen LogP contribution in [0.15, 0.2) is 35.0 Å². The molecular weight excluding hydrogens is 252 g/mol. The van der Waals surface area contributed by atoms with Gasteiger partial charge >= 0.3 is 0 Å². The smallest absolute Gasteiger partial charge is 0.126 e. The molecule has 1 heterocycles. The number of thiophene rings is 1. The molecule has 0 amide bonds. The Bertz CT molecular complexity index is 439. The van der Waals surface area contributed by atoms with Crippen LogP contribution in [0.3, 0.4) is 0 Å². The van der Waals surface area contributed by atoms with Crippen molar-refractivity contribution in [2.45, 2.75) is 6.04 Å². The van der Waals surface area contributed by atoms with Crippen molar-refractivity contribution in [2.24, 2.45) is 5.73 Å². The van der Waals surface area contributed by atoms with Gasteiger partial charge in [-0.05, 0) is 40.1 Å². The van der Waals surface area contributed by atoms with Crippen molar-refractivity contribution in [3.63, 3.8) is 0 Å². The van der Waals surface area contributed by atoms with Gasteiger partial charge in [-0.25, -0.2) is 8.78 Å². The first kappa shape index (κ1) is 13.1. The quantitative estimate of drug-likeness (QED) is 0.880. The highest BCUT2D eigenvalue weighted by atomic mass is 35.5. The zero-order valence-electron chi connectivity index (χ0n) is 8.19. The lowest BCUT2D eigenvalue weighted by Crippen LogP contribution is -2.11. The van der Waals surface area contributed by atoms with Gasteiger partial charge in [0.1, 0.15) is 11.6 Å². The molecule has 86 valence electrons. The molecule has 0 bridgehead atoms. The summed E-state index contributed by atoms with van der Waals surface area (Å²) in [6.07, 6.45) is 0. The minimum absolute atomic E-state index is 0. The van der Waals surface area contributed by atoms with Gasteiger partial charge in [0.15, 0.2) is 0 Å². The first-order valence-electron chi connectivity index (χ1n) is 4.40. The molecule has 0 fully saturated rings. The number of benzene rings is 1. The molecule has 0 saturated heterocycles. The van der Waals surface area contributed by atoms with Gasteiger partial charge in [-0.1, -0.05) is 0 Å². The summed E-state index contributed by atoms with van der Waals surface area (Å²) in [4.78, 5) is 0. The minimum Gasteiger partial charge on any atom is -0.320 e. The van der Waals surface area contributed by atoms with Gasteiger partial charge in [0.05, 0.1) is 6.04 Å². The molecule has 0 saturated carbocycles. The standard InChI is InChI=1S/C11H9F2NS.ClH/c12-9-3-8(4-10(13)5-9)11(14)7-1-2-15-6-7;/h1-6,11H,14H2;1H/t11-;/m1./s1. The molecule has 0 aliphatic rings. The van der Waals surface area contributed by atoms with Crippen LogP contribution >= 0.6 is 23.7 Å². The van der Waals surface area contributed by atoms with E-state index < -0.39 is 17.7 Å². The van der Waals surface area contributed by atoms with E-state index in [4.69, 9.17) is 5.73 Å². The highest BCUT2D eigenvalue weighted by molar-refractivity contribution is 7.08. The second-order valence-electron chi connectivity index (χ2n) is 3.24. The van der Waals surface area contributed by atoms with Gasteiger partial charge in [0, 0.05) is 6.07 Å². The molecule has 1 aromatic heterocycles. The van der Waals surface area contributed by atoms with Crippen LogP contribution < -0.4 is 5.73 Å². The van der Waals surface area contributed by atoms with Crippen molar-refractivity contribution in [1.82, 2.24) is 0 Å². The third-order valence-corrected chi connectivity index (χ3v) is 2.85. The molecule has 5 heteroatoms. The lowest BCUT2D eigenvalue weighted by atomic mass is 10.0. The van der Waals surface area contributed by atoms with E-state index in [1.165, 1.54) is 23.5 Å². The van der Waals surface area contributed by atoms with E-state index in [-0.39, 0.29) is 12.4 Å². The van der Waals surface area contributed by atoms with Crippen LogP contribution in [0.4, 0.5) is 8.78 Å². The average molecular weight is 262 g/mol. The topological polar surface area (TPSA) is 26.0 Å². The maximum Gasteiger partial charge on any atom is 0.126 e. The SMILES string of the molecule is Cl.N[C@H](c1ccsc1)c1cc(F)cc(F)c1. The summed E-state index contributed by atoms with van der Waals surface area (Å²) in [5, 5.41) is 3.75. The zero-order valence-corrected chi connectivity index (χ0v) is 9.82. The van der Waals surface area contributed by atoms with Crippen LogP contribution in [0, 0.1) is 11.6 Å². The molecule has 2 rings (SSSR count). The van der Waals surface area contributed by atoms with Gasteiger partial charge < -0.3 is 5.73 Å². The van der Waals surface area contributed by atoms with E-state index in [1.807, 2.05) is 16.8 Å². The highest BCUT2D eigenvalue weighted by Crippen LogP contribution is 2.22. The Morgan fingerprint density at radius 2 is 1.69 bits per heavy atom. The van der Waals surface area contributed by atoms with E-state index in [0.717, 1.165) is 11.6 Å². The Morgan fingerprint density at radius 1 is 1.06 bits per heavy atom.